The van der Waals surface area contributed by atoms with Crippen LogP contribution in [0.5, 0.6) is 5.75 Å². The van der Waals surface area contributed by atoms with Gasteiger partial charge in [0.1, 0.15) is 12.4 Å². The highest BCUT2D eigenvalue weighted by Gasteiger charge is 2.46. The number of hydrogen-bond acceptors (Lipinski definition) is 4. The minimum absolute atomic E-state index is 0.235. The van der Waals surface area contributed by atoms with Crippen LogP contribution in [0, 0.1) is 0 Å². The molecule has 1 aromatic heterocycles. The van der Waals surface area contributed by atoms with Gasteiger partial charge in [-0.1, -0.05) is 0 Å². The summed E-state index contributed by atoms with van der Waals surface area (Å²) < 4.78 is 64.2. The monoisotopic (exact) mass is 284 g/mol. The Morgan fingerprint density at radius 3 is 2.67 bits per heavy atom. The zero-order valence-corrected chi connectivity index (χ0v) is 10.1. The van der Waals surface area contributed by atoms with E-state index in [-0.39, 0.29) is 6.61 Å². The van der Waals surface area contributed by atoms with Crippen LogP contribution in [0.1, 0.15) is 6.92 Å². The highest BCUT2D eigenvalue weighted by atomic mass is 32.2. The van der Waals surface area contributed by atoms with Gasteiger partial charge in [-0.25, -0.2) is 13.1 Å². The third-order valence-corrected chi connectivity index (χ3v) is 3.12. The highest BCUT2D eigenvalue weighted by molar-refractivity contribution is 7.90. The van der Waals surface area contributed by atoms with Crippen LogP contribution in [-0.4, -0.2) is 31.6 Å². The topological polar surface area (TPSA) is 68.3 Å². The number of nitrogens with one attached hydrogen (secondary N) is 1. The van der Waals surface area contributed by atoms with E-state index in [1.165, 1.54) is 24.0 Å². The molecule has 1 atom stereocenters. The molecule has 18 heavy (non-hydrogen) atoms. The molecule has 0 aliphatic rings. The lowest BCUT2D eigenvalue weighted by atomic mass is 10.4. The van der Waals surface area contributed by atoms with Crippen LogP contribution < -0.4 is 9.46 Å². The normalized spacial score (nSPS) is 14.2. The number of sulfonamides is 1. The summed E-state index contributed by atoms with van der Waals surface area (Å²) >= 11 is 0. The Morgan fingerprint density at radius 1 is 1.50 bits per heavy atom. The van der Waals surface area contributed by atoms with Crippen molar-refractivity contribution in [1.29, 1.82) is 0 Å². The lowest BCUT2D eigenvalue weighted by molar-refractivity contribution is -0.0451. The third-order valence-electron chi connectivity index (χ3n) is 1.80. The number of nitrogens with zero attached hydrogens (tertiary/aromatic N) is 1. The van der Waals surface area contributed by atoms with Crippen LogP contribution in [0.3, 0.4) is 0 Å². The Balaban J connectivity index is 2.51. The van der Waals surface area contributed by atoms with Crippen molar-refractivity contribution in [2.75, 3.05) is 6.61 Å². The maximum Gasteiger partial charge on any atom is 0.511 e. The van der Waals surface area contributed by atoms with Crippen molar-refractivity contribution in [3.05, 3.63) is 24.5 Å². The van der Waals surface area contributed by atoms with Crippen LogP contribution in [0.15, 0.2) is 24.5 Å². The highest BCUT2D eigenvalue weighted by Crippen LogP contribution is 2.21. The summed E-state index contributed by atoms with van der Waals surface area (Å²) in [6, 6.07) is 2.12. The first-order valence-electron chi connectivity index (χ1n) is 4.84. The number of halogens is 3. The molecule has 9 heteroatoms. The predicted molar refractivity (Wildman–Crippen MR) is 57.3 cm³/mol. The molecule has 0 unspecified atom stereocenters. The van der Waals surface area contributed by atoms with Gasteiger partial charge in [0.15, 0.2) is 0 Å². The second-order valence-electron chi connectivity index (χ2n) is 3.47. The average molecular weight is 284 g/mol. The Hall–Kier alpha value is -1.35. The molecule has 5 nitrogen and oxygen atoms in total. The van der Waals surface area contributed by atoms with E-state index >= 15 is 0 Å². The summed E-state index contributed by atoms with van der Waals surface area (Å²) in [5.74, 6) is 0.343. The Morgan fingerprint density at radius 2 is 2.17 bits per heavy atom. The Labute approximate surface area is 102 Å². The number of aromatic nitrogens is 1. The lowest BCUT2D eigenvalue weighted by Gasteiger charge is -2.16. The Bertz CT molecular complexity index is 476. The van der Waals surface area contributed by atoms with E-state index in [1.807, 2.05) is 0 Å². The van der Waals surface area contributed by atoms with Gasteiger partial charge in [-0.2, -0.15) is 13.2 Å². The summed E-state index contributed by atoms with van der Waals surface area (Å²) in [6.07, 6.45) is 2.87. The second kappa shape index (κ2) is 5.53. The molecular weight excluding hydrogens is 273 g/mol. The molecule has 0 fully saturated rings. The van der Waals surface area contributed by atoms with Crippen LogP contribution in [0.25, 0.3) is 0 Å². The Kier molecular flexibility index (Phi) is 4.52. The molecule has 0 aromatic carbocycles. The molecule has 0 saturated carbocycles. The molecule has 1 N–H and O–H groups in total. The van der Waals surface area contributed by atoms with Crippen molar-refractivity contribution in [2.24, 2.45) is 0 Å². The van der Waals surface area contributed by atoms with Crippen LogP contribution in [0.4, 0.5) is 13.2 Å². The largest absolute Gasteiger partial charge is 0.511 e. The molecule has 0 aliphatic heterocycles. The third kappa shape index (κ3) is 4.15. The molecule has 0 amide bonds. The number of hydrogen-bond donors (Lipinski definition) is 1. The zero-order valence-electron chi connectivity index (χ0n) is 9.31. The minimum atomic E-state index is -5.35. The van der Waals surface area contributed by atoms with Crippen molar-refractivity contribution in [2.45, 2.75) is 18.5 Å². The van der Waals surface area contributed by atoms with E-state index in [1.54, 1.807) is 12.1 Å². The van der Waals surface area contributed by atoms with Crippen LogP contribution in [-0.2, 0) is 10.0 Å². The first-order valence-corrected chi connectivity index (χ1v) is 6.32. The summed E-state index contributed by atoms with van der Waals surface area (Å²) in [5, 5.41) is 0. The van der Waals surface area contributed by atoms with Crippen molar-refractivity contribution in [3.63, 3.8) is 0 Å². The van der Waals surface area contributed by atoms with Gasteiger partial charge in [-0.3, -0.25) is 4.98 Å². The standard InChI is InChI=1S/C9H11F3N2O3S/c1-7(14-18(15,16)9(10,11)12)6-17-8-3-2-4-13-5-8/h2-5,7,14H,6H2,1H3/t7-/m0/s1. The fourth-order valence-electron chi connectivity index (χ4n) is 1.02. The van der Waals surface area contributed by atoms with E-state index in [0.717, 1.165) is 0 Å². The van der Waals surface area contributed by atoms with Gasteiger partial charge in [0.25, 0.3) is 0 Å². The number of pyridine rings is 1. The van der Waals surface area contributed by atoms with Gasteiger partial charge < -0.3 is 4.74 Å². The van der Waals surface area contributed by atoms with E-state index < -0.39 is 21.6 Å². The number of alkyl halides is 3. The second-order valence-corrected chi connectivity index (χ2v) is 5.17. The zero-order chi connectivity index (χ0) is 13.8. The quantitative estimate of drug-likeness (QED) is 0.884. The van der Waals surface area contributed by atoms with Gasteiger partial charge in [-0.15, -0.1) is 0 Å². The maximum absolute atomic E-state index is 12.1. The molecular formula is C9H11F3N2O3S. The fraction of sp³-hybridized carbons (Fsp3) is 0.444. The first kappa shape index (κ1) is 14.7. The summed E-state index contributed by atoms with van der Waals surface area (Å²) in [6.45, 7) is 1.03. The van der Waals surface area contributed by atoms with Crippen molar-refractivity contribution in [3.8, 4) is 5.75 Å². The summed E-state index contributed by atoms with van der Waals surface area (Å²) in [4.78, 5) is 3.73. The van der Waals surface area contributed by atoms with E-state index in [9.17, 15) is 21.6 Å². The van der Waals surface area contributed by atoms with Gasteiger partial charge in [0, 0.05) is 6.20 Å². The predicted octanol–water partition coefficient (Wildman–Crippen LogP) is 1.29. The smallest absolute Gasteiger partial charge is 0.490 e. The van der Waals surface area contributed by atoms with Crippen molar-refractivity contribution < 1.29 is 26.3 Å². The minimum Gasteiger partial charge on any atom is -0.490 e. The first-order chi connectivity index (χ1) is 8.22. The number of ether oxygens (including phenoxy) is 1. The van der Waals surface area contributed by atoms with Gasteiger partial charge in [0.2, 0.25) is 0 Å². The SMILES string of the molecule is C[C@@H](COc1cccnc1)NS(=O)(=O)C(F)(F)F. The fourth-order valence-corrected chi connectivity index (χ4v) is 1.75. The van der Waals surface area contributed by atoms with Crippen LogP contribution >= 0.6 is 0 Å². The maximum atomic E-state index is 12.1. The van der Waals surface area contributed by atoms with E-state index in [0.29, 0.717) is 5.75 Å². The summed E-state index contributed by atoms with van der Waals surface area (Å²) in [7, 11) is -5.35. The van der Waals surface area contributed by atoms with Crippen molar-refractivity contribution in [1.82, 2.24) is 9.71 Å². The van der Waals surface area contributed by atoms with Crippen molar-refractivity contribution >= 4 is 10.0 Å². The van der Waals surface area contributed by atoms with E-state index in [4.69, 9.17) is 4.74 Å². The lowest BCUT2D eigenvalue weighted by Crippen LogP contribution is -2.43. The van der Waals surface area contributed by atoms with Gasteiger partial charge >= 0.3 is 15.5 Å². The molecule has 0 bridgehead atoms. The molecule has 1 heterocycles. The average Bonchev–Trinajstić information content (AvgIpc) is 2.26. The molecule has 1 rings (SSSR count). The van der Waals surface area contributed by atoms with E-state index in [2.05, 4.69) is 4.98 Å². The molecule has 0 spiro atoms. The molecule has 1 aromatic rings. The van der Waals surface area contributed by atoms with Crippen LogP contribution in [0.2, 0.25) is 0 Å². The van der Waals surface area contributed by atoms with Gasteiger partial charge in [0.05, 0.1) is 12.2 Å². The number of rotatable bonds is 5. The molecule has 0 saturated heterocycles. The molecule has 0 aliphatic carbocycles. The van der Waals surface area contributed by atoms with Gasteiger partial charge in [-0.05, 0) is 19.1 Å². The summed E-state index contributed by atoms with van der Waals surface area (Å²) in [5.41, 5.74) is -5.32. The molecule has 102 valence electrons. The molecule has 0 radical (unpaired) electrons.